The van der Waals surface area contributed by atoms with Crippen LogP contribution in [0, 0.1) is 17.8 Å². The number of hydrogen-bond acceptors (Lipinski definition) is 4. The maximum Gasteiger partial charge on any atom is 0.306 e. The number of aliphatic carboxylic acids is 1. The molecule has 0 aliphatic heterocycles. The molecule has 22 heavy (non-hydrogen) atoms. The predicted molar refractivity (Wildman–Crippen MR) is 85.9 cm³/mol. The van der Waals surface area contributed by atoms with E-state index in [-0.39, 0.29) is 29.8 Å². The quantitative estimate of drug-likeness (QED) is 0.485. The second-order valence-electron chi connectivity index (χ2n) is 6.52. The van der Waals surface area contributed by atoms with E-state index in [9.17, 15) is 14.7 Å². The highest BCUT2D eigenvalue weighted by atomic mass is 16.4. The fourth-order valence-electron chi connectivity index (χ4n) is 3.72. The zero-order valence-electron chi connectivity index (χ0n) is 14.0. The van der Waals surface area contributed by atoms with Crippen LogP contribution in [0.5, 0.6) is 0 Å². The first-order valence-corrected chi connectivity index (χ1v) is 8.41. The Labute approximate surface area is 133 Å². The summed E-state index contributed by atoms with van der Waals surface area (Å²) in [6.07, 6.45) is 5.32. The van der Waals surface area contributed by atoms with Crippen molar-refractivity contribution in [1.82, 2.24) is 10.9 Å². The third kappa shape index (κ3) is 5.25. The first-order valence-electron chi connectivity index (χ1n) is 8.41. The van der Waals surface area contributed by atoms with Gasteiger partial charge < -0.3 is 10.8 Å². The Hall–Kier alpha value is -1.14. The van der Waals surface area contributed by atoms with E-state index in [0.717, 1.165) is 25.7 Å². The fourth-order valence-corrected chi connectivity index (χ4v) is 3.72. The van der Waals surface area contributed by atoms with Crippen molar-refractivity contribution >= 4 is 11.9 Å². The molecule has 0 heterocycles. The third-order valence-electron chi connectivity index (χ3n) is 4.72. The van der Waals surface area contributed by atoms with Crippen molar-refractivity contribution in [2.24, 2.45) is 23.5 Å². The molecule has 128 valence electrons. The maximum absolute atomic E-state index is 11.3. The molecule has 0 aromatic rings. The summed E-state index contributed by atoms with van der Waals surface area (Å²) in [5.41, 5.74) is 12.1. The number of amides is 1. The second kappa shape index (κ2) is 9.10. The Balaban J connectivity index is 2.87. The van der Waals surface area contributed by atoms with Crippen molar-refractivity contribution in [2.75, 3.05) is 0 Å². The van der Waals surface area contributed by atoms with Gasteiger partial charge in [-0.15, -0.1) is 0 Å². The van der Waals surface area contributed by atoms with Gasteiger partial charge >= 0.3 is 5.97 Å². The lowest BCUT2D eigenvalue weighted by atomic mass is 9.80. The summed E-state index contributed by atoms with van der Waals surface area (Å²) in [6.45, 7) is 5.76. The average Bonchev–Trinajstić information content (AvgIpc) is 2.82. The molecule has 0 saturated heterocycles. The Morgan fingerprint density at radius 2 is 1.82 bits per heavy atom. The molecular formula is C16H31N3O3. The number of carboxylic acids is 1. The second-order valence-corrected chi connectivity index (χ2v) is 6.52. The monoisotopic (exact) mass is 313 g/mol. The van der Waals surface area contributed by atoms with Crippen molar-refractivity contribution in [1.29, 1.82) is 0 Å². The molecule has 0 aromatic carbocycles. The minimum absolute atomic E-state index is 0.0307. The topological polar surface area (TPSA) is 104 Å². The van der Waals surface area contributed by atoms with E-state index in [0.29, 0.717) is 18.8 Å². The van der Waals surface area contributed by atoms with Gasteiger partial charge in [0, 0.05) is 19.0 Å². The highest BCUT2D eigenvalue weighted by molar-refractivity contribution is 5.72. The van der Waals surface area contributed by atoms with Crippen LogP contribution in [0.2, 0.25) is 0 Å². The van der Waals surface area contributed by atoms with Gasteiger partial charge in [0.1, 0.15) is 0 Å². The van der Waals surface area contributed by atoms with E-state index in [1.807, 2.05) is 0 Å². The predicted octanol–water partition coefficient (Wildman–Crippen LogP) is 1.65. The molecule has 5 N–H and O–H groups in total. The van der Waals surface area contributed by atoms with Crippen LogP contribution in [0.1, 0.15) is 59.3 Å². The number of nitrogens with one attached hydrogen (secondary N) is 2. The molecule has 6 nitrogen and oxygen atoms in total. The summed E-state index contributed by atoms with van der Waals surface area (Å²) in [5.74, 6) is -0.802. The molecule has 1 amide bonds. The van der Waals surface area contributed by atoms with Gasteiger partial charge in [-0.1, -0.05) is 26.7 Å². The number of hydrazine groups is 1. The Morgan fingerprint density at radius 3 is 2.23 bits per heavy atom. The lowest BCUT2D eigenvalue weighted by molar-refractivity contribution is -0.141. The van der Waals surface area contributed by atoms with E-state index in [1.54, 1.807) is 0 Å². The van der Waals surface area contributed by atoms with Crippen molar-refractivity contribution in [2.45, 2.75) is 71.4 Å². The van der Waals surface area contributed by atoms with Crippen molar-refractivity contribution in [3.63, 3.8) is 0 Å². The number of rotatable bonds is 9. The lowest BCUT2D eigenvalue weighted by Gasteiger charge is -2.34. The molecule has 0 spiro atoms. The summed E-state index contributed by atoms with van der Waals surface area (Å²) in [5, 5.41) is 9.25. The van der Waals surface area contributed by atoms with Crippen LogP contribution < -0.4 is 16.6 Å². The first-order chi connectivity index (χ1) is 10.4. The van der Waals surface area contributed by atoms with Crippen LogP contribution in [0.4, 0.5) is 0 Å². The number of carboxylic acid groups (broad SMARTS) is 1. The van der Waals surface area contributed by atoms with Crippen LogP contribution in [-0.2, 0) is 9.59 Å². The largest absolute Gasteiger partial charge is 0.481 e. The van der Waals surface area contributed by atoms with Gasteiger partial charge in [-0.2, -0.15) is 0 Å². The van der Waals surface area contributed by atoms with Crippen LogP contribution in [0.25, 0.3) is 0 Å². The zero-order valence-corrected chi connectivity index (χ0v) is 14.0. The normalized spacial score (nSPS) is 26.1. The number of hydrogen-bond donors (Lipinski definition) is 4. The van der Waals surface area contributed by atoms with Gasteiger partial charge in [-0.3, -0.25) is 15.0 Å². The molecule has 1 saturated carbocycles. The van der Waals surface area contributed by atoms with Gasteiger partial charge in [0.05, 0.1) is 5.92 Å². The summed E-state index contributed by atoms with van der Waals surface area (Å²) < 4.78 is 0. The van der Waals surface area contributed by atoms with Gasteiger partial charge in [0.15, 0.2) is 0 Å². The molecule has 1 aliphatic carbocycles. The smallest absolute Gasteiger partial charge is 0.306 e. The summed E-state index contributed by atoms with van der Waals surface area (Å²) in [4.78, 5) is 22.5. The Kier molecular flexibility index (Phi) is 7.82. The van der Waals surface area contributed by atoms with Gasteiger partial charge in [-0.25, -0.2) is 5.43 Å². The molecule has 4 unspecified atom stereocenters. The third-order valence-corrected chi connectivity index (χ3v) is 4.72. The molecular weight excluding hydrogens is 282 g/mol. The van der Waals surface area contributed by atoms with Crippen molar-refractivity contribution in [3.8, 4) is 0 Å². The lowest BCUT2D eigenvalue weighted by Crippen LogP contribution is -2.53. The SMILES string of the molecule is CCCC(CCC)C(NNC(C)=O)C1CC(C(=O)O)CC1N. The highest BCUT2D eigenvalue weighted by Gasteiger charge is 2.42. The minimum atomic E-state index is -0.765. The molecule has 1 fully saturated rings. The molecule has 0 bridgehead atoms. The maximum atomic E-state index is 11.3. The van der Waals surface area contributed by atoms with Crippen LogP contribution in [-0.4, -0.2) is 29.1 Å². The summed E-state index contributed by atoms with van der Waals surface area (Å²) >= 11 is 0. The Morgan fingerprint density at radius 1 is 1.23 bits per heavy atom. The number of nitrogens with two attached hydrogens (primary N) is 1. The number of carbonyl (C=O) groups is 2. The van der Waals surface area contributed by atoms with Crippen LogP contribution >= 0.6 is 0 Å². The van der Waals surface area contributed by atoms with Gasteiger partial charge in [0.25, 0.3) is 0 Å². The average molecular weight is 313 g/mol. The van der Waals surface area contributed by atoms with Crippen molar-refractivity contribution in [3.05, 3.63) is 0 Å². The molecule has 1 aliphatic rings. The van der Waals surface area contributed by atoms with Gasteiger partial charge in [-0.05, 0) is 37.5 Å². The zero-order chi connectivity index (χ0) is 16.7. The van der Waals surface area contributed by atoms with E-state index in [2.05, 4.69) is 24.7 Å². The molecule has 1 rings (SSSR count). The van der Waals surface area contributed by atoms with E-state index < -0.39 is 5.97 Å². The van der Waals surface area contributed by atoms with Gasteiger partial charge in [0.2, 0.25) is 5.91 Å². The minimum Gasteiger partial charge on any atom is -0.481 e. The number of carbonyl (C=O) groups excluding carboxylic acids is 1. The van der Waals surface area contributed by atoms with Crippen LogP contribution in [0.15, 0.2) is 0 Å². The summed E-state index contributed by atoms with van der Waals surface area (Å²) in [7, 11) is 0. The van der Waals surface area contributed by atoms with E-state index in [1.165, 1.54) is 6.92 Å². The highest BCUT2D eigenvalue weighted by Crippen LogP contribution is 2.36. The summed E-state index contributed by atoms with van der Waals surface area (Å²) in [6, 6.07) is -0.105. The van der Waals surface area contributed by atoms with Crippen LogP contribution in [0.3, 0.4) is 0 Å². The molecule has 6 heteroatoms. The molecule has 4 atom stereocenters. The first kappa shape index (κ1) is 18.9. The van der Waals surface area contributed by atoms with Crippen molar-refractivity contribution < 1.29 is 14.7 Å². The molecule has 0 radical (unpaired) electrons. The fraction of sp³-hybridized carbons (Fsp3) is 0.875. The van der Waals surface area contributed by atoms with E-state index in [4.69, 9.17) is 5.73 Å². The van der Waals surface area contributed by atoms with E-state index >= 15 is 0 Å². The molecule has 0 aromatic heterocycles. The Bertz CT molecular complexity index is 370. The standard InChI is InChI=1S/C16H31N3O3/c1-4-6-11(7-5-2)15(19-18-10(3)20)13-8-12(16(21)22)9-14(13)17/h11-15,19H,4-9,17H2,1-3H3,(H,18,20)(H,21,22).